The number of amides is 3. The summed E-state index contributed by atoms with van der Waals surface area (Å²) in [6.45, 7) is 0.432. The SMILES string of the molecule is CNC(=O)NC(=O)[C@@H](c1ccccc1)N(C)Cc1ccc(F)cc1. The molecule has 2 N–H and O–H groups in total. The van der Waals surface area contributed by atoms with Crippen molar-refractivity contribution >= 4 is 11.9 Å². The van der Waals surface area contributed by atoms with Gasteiger partial charge in [0.1, 0.15) is 11.9 Å². The Morgan fingerprint density at radius 2 is 1.71 bits per heavy atom. The van der Waals surface area contributed by atoms with Crippen molar-refractivity contribution in [2.75, 3.05) is 14.1 Å². The highest BCUT2D eigenvalue weighted by Gasteiger charge is 2.26. The minimum atomic E-state index is -0.645. The molecule has 1 atom stereocenters. The van der Waals surface area contributed by atoms with E-state index in [1.807, 2.05) is 30.3 Å². The molecular formula is C18H20FN3O2. The van der Waals surface area contributed by atoms with Crippen LogP contribution in [0.4, 0.5) is 9.18 Å². The molecule has 0 unspecified atom stereocenters. The van der Waals surface area contributed by atoms with E-state index < -0.39 is 18.0 Å². The average molecular weight is 329 g/mol. The molecule has 3 amide bonds. The summed E-state index contributed by atoms with van der Waals surface area (Å²) < 4.78 is 13.0. The van der Waals surface area contributed by atoms with Crippen molar-refractivity contribution in [3.8, 4) is 0 Å². The number of halogens is 1. The second kappa shape index (κ2) is 8.21. The molecule has 5 nitrogen and oxygen atoms in total. The van der Waals surface area contributed by atoms with Gasteiger partial charge in [-0.2, -0.15) is 0 Å². The predicted molar refractivity (Wildman–Crippen MR) is 89.6 cm³/mol. The first-order chi connectivity index (χ1) is 11.5. The molecule has 0 bridgehead atoms. The summed E-state index contributed by atoms with van der Waals surface area (Å²) in [6.07, 6.45) is 0. The van der Waals surface area contributed by atoms with Crippen molar-refractivity contribution < 1.29 is 14.0 Å². The van der Waals surface area contributed by atoms with Crippen LogP contribution in [0.25, 0.3) is 0 Å². The Labute approximate surface area is 140 Å². The smallest absolute Gasteiger partial charge is 0.321 e. The summed E-state index contributed by atoms with van der Waals surface area (Å²) in [5, 5.41) is 4.68. The Morgan fingerprint density at radius 1 is 1.08 bits per heavy atom. The third-order valence-electron chi connectivity index (χ3n) is 3.61. The van der Waals surface area contributed by atoms with Gasteiger partial charge in [0, 0.05) is 13.6 Å². The highest BCUT2D eigenvalue weighted by atomic mass is 19.1. The van der Waals surface area contributed by atoms with Crippen molar-refractivity contribution in [2.24, 2.45) is 0 Å². The van der Waals surface area contributed by atoms with Crippen LogP contribution in [-0.2, 0) is 11.3 Å². The average Bonchev–Trinajstić information content (AvgIpc) is 2.58. The molecule has 24 heavy (non-hydrogen) atoms. The van der Waals surface area contributed by atoms with Crippen LogP contribution >= 0.6 is 0 Å². The zero-order valence-electron chi connectivity index (χ0n) is 13.6. The molecule has 0 radical (unpaired) electrons. The van der Waals surface area contributed by atoms with Gasteiger partial charge in [0.15, 0.2) is 0 Å². The highest BCUT2D eigenvalue weighted by molar-refractivity contribution is 5.97. The van der Waals surface area contributed by atoms with Crippen LogP contribution in [0.2, 0.25) is 0 Å². The van der Waals surface area contributed by atoms with Crippen molar-refractivity contribution in [1.29, 1.82) is 0 Å². The van der Waals surface area contributed by atoms with Gasteiger partial charge in [-0.15, -0.1) is 0 Å². The van der Waals surface area contributed by atoms with Crippen LogP contribution in [0.3, 0.4) is 0 Å². The minimum absolute atomic E-state index is 0.307. The number of nitrogens with zero attached hydrogens (tertiary/aromatic N) is 1. The summed E-state index contributed by atoms with van der Waals surface area (Å²) in [7, 11) is 3.23. The molecule has 0 fully saturated rings. The lowest BCUT2D eigenvalue weighted by Gasteiger charge is -2.27. The molecule has 0 aromatic heterocycles. The summed E-state index contributed by atoms with van der Waals surface area (Å²) in [5.41, 5.74) is 1.64. The van der Waals surface area contributed by atoms with E-state index in [9.17, 15) is 14.0 Å². The lowest BCUT2D eigenvalue weighted by atomic mass is 10.0. The highest BCUT2D eigenvalue weighted by Crippen LogP contribution is 2.21. The minimum Gasteiger partial charge on any atom is -0.341 e. The van der Waals surface area contributed by atoms with Crippen LogP contribution in [0.15, 0.2) is 54.6 Å². The van der Waals surface area contributed by atoms with Crippen LogP contribution in [0.1, 0.15) is 17.2 Å². The molecule has 0 saturated heterocycles. The Balaban J connectivity index is 2.22. The fourth-order valence-corrected chi connectivity index (χ4v) is 2.45. The summed E-state index contributed by atoms with van der Waals surface area (Å²) >= 11 is 0. The number of hydrogen-bond acceptors (Lipinski definition) is 3. The Bertz CT molecular complexity index is 689. The van der Waals surface area contributed by atoms with Gasteiger partial charge in [-0.3, -0.25) is 15.0 Å². The number of carbonyl (C=O) groups is 2. The largest absolute Gasteiger partial charge is 0.341 e. The molecule has 0 aliphatic rings. The maximum atomic E-state index is 13.0. The van der Waals surface area contributed by atoms with E-state index in [1.54, 1.807) is 24.1 Å². The monoisotopic (exact) mass is 329 g/mol. The molecule has 0 saturated carbocycles. The van der Waals surface area contributed by atoms with E-state index in [4.69, 9.17) is 0 Å². The van der Waals surface area contributed by atoms with Crippen molar-refractivity contribution in [1.82, 2.24) is 15.5 Å². The Morgan fingerprint density at radius 3 is 2.29 bits per heavy atom. The van der Waals surface area contributed by atoms with Crippen LogP contribution < -0.4 is 10.6 Å². The Hall–Kier alpha value is -2.73. The van der Waals surface area contributed by atoms with Crippen LogP contribution in [0, 0.1) is 5.82 Å². The number of likely N-dealkylation sites (N-methyl/N-ethyl adjacent to an activating group) is 1. The number of benzene rings is 2. The molecule has 0 heterocycles. The maximum Gasteiger partial charge on any atom is 0.321 e. The van der Waals surface area contributed by atoms with E-state index in [0.29, 0.717) is 6.54 Å². The van der Waals surface area contributed by atoms with E-state index in [2.05, 4.69) is 10.6 Å². The van der Waals surface area contributed by atoms with Crippen molar-refractivity contribution in [3.63, 3.8) is 0 Å². The molecule has 0 aliphatic heterocycles. The molecular weight excluding hydrogens is 309 g/mol. The predicted octanol–water partition coefficient (Wildman–Crippen LogP) is 2.45. The van der Waals surface area contributed by atoms with Gasteiger partial charge < -0.3 is 5.32 Å². The lowest BCUT2D eigenvalue weighted by Crippen LogP contribution is -2.44. The molecule has 126 valence electrons. The summed E-state index contributed by atoms with van der Waals surface area (Å²) in [5.74, 6) is -0.733. The fourth-order valence-electron chi connectivity index (χ4n) is 2.45. The van der Waals surface area contributed by atoms with E-state index in [1.165, 1.54) is 19.2 Å². The first-order valence-electron chi connectivity index (χ1n) is 7.53. The molecule has 0 spiro atoms. The molecule has 6 heteroatoms. The number of imide groups is 1. The van der Waals surface area contributed by atoms with Gasteiger partial charge in [0.25, 0.3) is 0 Å². The first-order valence-corrected chi connectivity index (χ1v) is 7.53. The zero-order chi connectivity index (χ0) is 17.5. The van der Waals surface area contributed by atoms with Crippen molar-refractivity contribution in [2.45, 2.75) is 12.6 Å². The molecule has 2 aromatic carbocycles. The standard InChI is InChI=1S/C18H20FN3O2/c1-20-18(24)21-17(23)16(14-6-4-3-5-7-14)22(2)12-13-8-10-15(19)11-9-13/h3-11,16H,12H2,1-2H3,(H2,20,21,23,24)/t16-/m1/s1. The van der Waals surface area contributed by atoms with E-state index in [0.717, 1.165) is 11.1 Å². The summed E-state index contributed by atoms with van der Waals surface area (Å²) in [4.78, 5) is 25.8. The van der Waals surface area contributed by atoms with Crippen molar-refractivity contribution in [3.05, 3.63) is 71.5 Å². The third-order valence-corrected chi connectivity index (χ3v) is 3.61. The number of nitrogens with one attached hydrogen (secondary N) is 2. The second-order valence-corrected chi connectivity index (χ2v) is 5.42. The van der Waals surface area contributed by atoms with Gasteiger partial charge in [-0.05, 0) is 30.3 Å². The number of rotatable bonds is 5. The maximum absolute atomic E-state index is 13.0. The topological polar surface area (TPSA) is 61.4 Å². The quantitative estimate of drug-likeness (QED) is 0.886. The van der Waals surface area contributed by atoms with E-state index >= 15 is 0 Å². The van der Waals surface area contributed by atoms with Gasteiger partial charge in [-0.25, -0.2) is 9.18 Å². The lowest BCUT2D eigenvalue weighted by molar-refractivity contribution is -0.125. The number of urea groups is 1. The second-order valence-electron chi connectivity index (χ2n) is 5.42. The fraction of sp³-hybridized carbons (Fsp3) is 0.222. The summed E-state index contributed by atoms with van der Waals surface area (Å²) in [6, 6.07) is 14.1. The number of carbonyl (C=O) groups excluding carboxylic acids is 2. The molecule has 0 aliphatic carbocycles. The van der Waals surface area contributed by atoms with Crippen LogP contribution in [0.5, 0.6) is 0 Å². The Kier molecular flexibility index (Phi) is 6.03. The molecule has 2 aromatic rings. The number of hydrogen-bond donors (Lipinski definition) is 2. The van der Waals surface area contributed by atoms with Gasteiger partial charge in [0.05, 0.1) is 0 Å². The normalized spacial score (nSPS) is 11.8. The van der Waals surface area contributed by atoms with Gasteiger partial charge >= 0.3 is 6.03 Å². The third kappa shape index (κ3) is 4.63. The first kappa shape index (κ1) is 17.6. The van der Waals surface area contributed by atoms with Crippen LogP contribution in [-0.4, -0.2) is 30.9 Å². The molecule has 2 rings (SSSR count). The van der Waals surface area contributed by atoms with Gasteiger partial charge in [0.2, 0.25) is 5.91 Å². The zero-order valence-corrected chi connectivity index (χ0v) is 13.6. The van der Waals surface area contributed by atoms with E-state index in [-0.39, 0.29) is 5.82 Å². The van der Waals surface area contributed by atoms with Gasteiger partial charge in [-0.1, -0.05) is 42.5 Å².